The predicted octanol–water partition coefficient (Wildman–Crippen LogP) is 8.77. The van der Waals surface area contributed by atoms with E-state index in [2.05, 4.69) is 54.9 Å². The van der Waals surface area contributed by atoms with Crippen molar-refractivity contribution in [3.63, 3.8) is 0 Å². The molecule has 0 unspecified atom stereocenters. The largest absolute Gasteiger partial charge is 0.497 e. The molecule has 0 bridgehead atoms. The molecule has 1 heterocycles. The van der Waals surface area contributed by atoms with Crippen LogP contribution in [0.2, 0.25) is 0 Å². The summed E-state index contributed by atoms with van der Waals surface area (Å²) >= 11 is 0. The van der Waals surface area contributed by atoms with Crippen LogP contribution in [0.5, 0.6) is 11.5 Å². The highest BCUT2D eigenvalue weighted by Gasteiger charge is 2.29. The third-order valence-electron chi connectivity index (χ3n) is 6.60. The minimum absolute atomic E-state index is 0.00320. The second-order valence-electron chi connectivity index (χ2n) is 8.69. The summed E-state index contributed by atoms with van der Waals surface area (Å²) in [4.78, 5) is 0. The van der Waals surface area contributed by atoms with Crippen LogP contribution in [0.1, 0.15) is 37.1 Å². The van der Waals surface area contributed by atoms with Crippen LogP contribution in [0, 0.1) is 0 Å². The van der Waals surface area contributed by atoms with Gasteiger partial charge in [0.15, 0.2) is 0 Å². The Morgan fingerprint density at radius 3 is 1.36 bits per heavy atom. The van der Waals surface area contributed by atoms with Crippen molar-refractivity contribution in [3.8, 4) is 11.5 Å². The summed E-state index contributed by atoms with van der Waals surface area (Å²) in [6, 6.07) is 32.7. The van der Waals surface area contributed by atoms with Crippen molar-refractivity contribution >= 4 is 30.1 Å². The highest BCUT2D eigenvalue weighted by Crippen LogP contribution is 2.46. The lowest BCUT2D eigenvalue weighted by atomic mass is 10.0. The molecule has 36 heavy (non-hydrogen) atoms. The molecule has 0 aliphatic rings. The first kappa shape index (κ1) is 24.1. The summed E-state index contributed by atoms with van der Waals surface area (Å²) in [5, 5.41) is 2.07. The molecule has 6 heteroatoms. The van der Waals surface area contributed by atoms with Crippen LogP contribution in [0.25, 0.3) is 21.9 Å². The van der Waals surface area contributed by atoms with E-state index in [1.165, 1.54) is 0 Å². The maximum absolute atomic E-state index is 6.70. The van der Waals surface area contributed by atoms with Crippen molar-refractivity contribution in [1.29, 1.82) is 0 Å². The Balaban J connectivity index is 1.71. The third kappa shape index (κ3) is 4.73. The summed E-state index contributed by atoms with van der Waals surface area (Å²) in [6.07, 6.45) is 0. The topological polar surface area (TPSA) is 48.0 Å². The number of nitrogens with zero attached hydrogens (tertiary/aromatic N) is 1. The fraction of sp³-hybridized carbons (Fsp3) is 0.200. The molecule has 2 atom stereocenters. The molecule has 0 spiro atoms. The zero-order valence-corrected chi connectivity index (χ0v) is 21.8. The van der Waals surface area contributed by atoms with Gasteiger partial charge in [-0.15, -0.1) is 0 Å². The molecule has 0 saturated heterocycles. The summed E-state index contributed by atoms with van der Waals surface area (Å²) < 4.78 is 26.5. The molecule has 0 aliphatic heterocycles. The zero-order chi connectivity index (χ0) is 25.1. The summed E-state index contributed by atoms with van der Waals surface area (Å²) in [5.74, 6) is 1.66. The molecular formula is C30H30NO4P. The van der Waals surface area contributed by atoms with Crippen LogP contribution in [0.15, 0.2) is 105 Å². The van der Waals surface area contributed by atoms with Crippen LogP contribution in [-0.4, -0.2) is 14.2 Å². The Morgan fingerprint density at radius 1 is 0.583 bits per heavy atom. The van der Waals surface area contributed by atoms with E-state index in [4.69, 9.17) is 17.9 Å². The number of para-hydroxylation sites is 2. The smallest absolute Gasteiger partial charge is 0.310 e. The Kier molecular flexibility index (Phi) is 7.04. The van der Waals surface area contributed by atoms with Crippen LogP contribution >= 0.6 is 8.16 Å². The Morgan fingerprint density at radius 2 is 0.972 bits per heavy atom. The normalized spacial score (nSPS) is 13.0. The van der Waals surface area contributed by atoms with Crippen molar-refractivity contribution in [2.45, 2.75) is 25.9 Å². The van der Waals surface area contributed by atoms with Crippen LogP contribution in [-0.2, 0) is 0 Å². The van der Waals surface area contributed by atoms with E-state index in [0.29, 0.717) is 0 Å². The lowest BCUT2D eigenvalue weighted by Gasteiger charge is -2.32. The lowest BCUT2D eigenvalue weighted by Crippen LogP contribution is -2.27. The maximum atomic E-state index is 6.70. The van der Waals surface area contributed by atoms with Crippen molar-refractivity contribution in [3.05, 3.63) is 108 Å². The van der Waals surface area contributed by atoms with Gasteiger partial charge in [-0.3, -0.25) is 0 Å². The van der Waals surface area contributed by atoms with Gasteiger partial charge in [0.25, 0.3) is 0 Å². The lowest BCUT2D eigenvalue weighted by molar-refractivity contribution is 0.414. The second kappa shape index (κ2) is 10.5. The molecule has 1 aromatic heterocycles. The molecular weight excluding hydrogens is 469 g/mol. The van der Waals surface area contributed by atoms with Gasteiger partial charge in [-0.2, -0.15) is 4.67 Å². The number of methoxy groups -OCH3 is 2. The van der Waals surface area contributed by atoms with Crippen LogP contribution < -0.4 is 14.1 Å². The maximum Gasteiger partial charge on any atom is 0.310 e. The van der Waals surface area contributed by atoms with Gasteiger partial charge >= 0.3 is 8.16 Å². The average molecular weight is 500 g/mol. The highest BCUT2D eigenvalue weighted by molar-refractivity contribution is 7.39. The Bertz CT molecular complexity index is 1380. The fourth-order valence-electron chi connectivity index (χ4n) is 4.51. The van der Waals surface area contributed by atoms with Gasteiger partial charge in [-0.05, 0) is 61.4 Å². The average Bonchev–Trinajstić information content (AvgIpc) is 3.10. The van der Waals surface area contributed by atoms with Gasteiger partial charge in [0, 0.05) is 22.9 Å². The summed E-state index contributed by atoms with van der Waals surface area (Å²) in [7, 11) is 1.85. The van der Waals surface area contributed by atoms with Crippen LogP contribution in [0.4, 0.5) is 0 Å². The van der Waals surface area contributed by atoms with Crippen molar-refractivity contribution < 1.29 is 17.9 Å². The SMILES string of the molecule is COc1ccc([C@H](C)N([C@@H](C)c2ccc(OC)cc2)p2oc3ccccc3c3ccccc3o2)cc1. The Labute approximate surface area is 212 Å². The van der Waals surface area contributed by atoms with E-state index in [1.807, 2.05) is 60.7 Å². The minimum atomic E-state index is -1.51. The molecule has 0 amide bonds. The van der Waals surface area contributed by atoms with Crippen molar-refractivity contribution in [2.24, 2.45) is 0 Å². The van der Waals surface area contributed by atoms with E-state index in [-0.39, 0.29) is 12.1 Å². The number of benzene rings is 4. The summed E-state index contributed by atoms with van der Waals surface area (Å²) in [5.41, 5.74) is 3.94. The first-order valence-electron chi connectivity index (χ1n) is 12.0. The van der Waals surface area contributed by atoms with Gasteiger partial charge in [0.1, 0.15) is 22.7 Å². The van der Waals surface area contributed by atoms with E-state index in [1.54, 1.807) is 14.2 Å². The zero-order valence-electron chi connectivity index (χ0n) is 20.9. The van der Waals surface area contributed by atoms with Gasteiger partial charge in [-0.1, -0.05) is 60.7 Å². The number of hydrogen-bond acceptors (Lipinski definition) is 5. The van der Waals surface area contributed by atoms with Crippen LogP contribution in [0.3, 0.4) is 0 Å². The monoisotopic (exact) mass is 499 g/mol. The van der Waals surface area contributed by atoms with Gasteiger partial charge in [0.2, 0.25) is 0 Å². The number of hydrogen-bond donors (Lipinski definition) is 0. The predicted molar refractivity (Wildman–Crippen MR) is 147 cm³/mol. The third-order valence-corrected chi connectivity index (χ3v) is 8.37. The van der Waals surface area contributed by atoms with E-state index in [9.17, 15) is 0 Å². The number of rotatable bonds is 7. The number of ether oxygens (including phenoxy) is 2. The highest BCUT2D eigenvalue weighted by atomic mass is 31.1. The summed E-state index contributed by atoms with van der Waals surface area (Å²) in [6.45, 7) is 4.39. The van der Waals surface area contributed by atoms with Gasteiger partial charge in [0.05, 0.1) is 14.2 Å². The molecule has 0 aliphatic carbocycles. The molecule has 5 rings (SSSR count). The fourth-order valence-corrected chi connectivity index (χ4v) is 6.22. The molecule has 5 aromatic rings. The quantitative estimate of drug-likeness (QED) is 0.224. The molecule has 0 radical (unpaired) electrons. The Hall–Kier alpha value is -3.66. The molecule has 0 saturated carbocycles. The van der Waals surface area contributed by atoms with E-state index < -0.39 is 8.16 Å². The molecule has 0 fully saturated rings. The standard InChI is InChI=1S/C30H30NO4P/c1-21(23-13-17-25(32-3)18-14-23)31(22(2)24-15-19-26(33-4)20-16-24)36-34-29-11-7-5-9-27(29)28-10-6-8-12-30(28)35-36/h5-22H,1-4H3/t21-,22-/m0/s1. The van der Waals surface area contributed by atoms with E-state index >= 15 is 0 Å². The number of fused-ring (bicyclic) bond motifs is 3. The molecule has 184 valence electrons. The van der Waals surface area contributed by atoms with Crippen molar-refractivity contribution in [1.82, 2.24) is 0 Å². The van der Waals surface area contributed by atoms with Gasteiger partial charge in [-0.25, -0.2) is 0 Å². The molecule has 5 nitrogen and oxygen atoms in total. The van der Waals surface area contributed by atoms with Crippen molar-refractivity contribution in [2.75, 3.05) is 18.9 Å². The minimum Gasteiger partial charge on any atom is -0.497 e. The molecule has 4 aromatic carbocycles. The molecule has 0 N–H and O–H groups in total. The first-order valence-corrected chi connectivity index (χ1v) is 13.1. The van der Waals surface area contributed by atoms with E-state index in [0.717, 1.165) is 44.6 Å². The second-order valence-corrected chi connectivity index (χ2v) is 9.99. The van der Waals surface area contributed by atoms with Gasteiger partial charge < -0.3 is 17.9 Å². The first-order chi connectivity index (χ1) is 17.6.